The van der Waals surface area contributed by atoms with Gasteiger partial charge in [-0.15, -0.1) is 0 Å². The number of amides is 1. The standard InChI is InChI=1S/C23H22FN3O2/c24-20-4-2-1-3-15(20)11-12-26-21-9-5-16-13-18(7-8-19(16)21)29-22-10-6-17(14-27-22)23(25)28/h1-4,6-8,10,13-14,21,26H,5,9,11-12H2,(H2,25,28). The lowest BCUT2D eigenvalue weighted by atomic mass is 10.1. The molecular weight excluding hydrogens is 369 g/mol. The first-order chi connectivity index (χ1) is 14.1. The lowest BCUT2D eigenvalue weighted by molar-refractivity contribution is 0.1000. The molecule has 0 aliphatic heterocycles. The number of primary amides is 1. The number of aryl methyl sites for hydroxylation is 1. The first-order valence-corrected chi connectivity index (χ1v) is 9.63. The van der Waals surface area contributed by atoms with Crippen molar-refractivity contribution in [3.63, 3.8) is 0 Å². The number of carbonyl (C=O) groups is 1. The summed E-state index contributed by atoms with van der Waals surface area (Å²) in [5, 5.41) is 3.54. The van der Waals surface area contributed by atoms with Crippen molar-refractivity contribution in [2.45, 2.75) is 25.3 Å². The highest BCUT2D eigenvalue weighted by atomic mass is 19.1. The summed E-state index contributed by atoms with van der Waals surface area (Å²) in [4.78, 5) is 15.2. The smallest absolute Gasteiger partial charge is 0.250 e. The second-order valence-corrected chi connectivity index (χ2v) is 7.10. The van der Waals surface area contributed by atoms with Crippen LogP contribution in [0.4, 0.5) is 4.39 Å². The summed E-state index contributed by atoms with van der Waals surface area (Å²) in [6, 6.07) is 16.4. The van der Waals surface area contributed by atoms with Gasteiger partial charge in [0.1, 0.15) is 11.6 Å². The highest BCUT2D eigenvalue weighted by Crippen LogP contribution is 2.34. The monoisotopic (exact) mass is 391 g/mol. The molecule has 6 heteroatoms. The number of hydrogen-bond donors (Lipinski definition) is 2. The van der Waals surface area contributed by atoms with Crippen molar-refractivity contribution in [3.8, 4) is 11.6 Å². The third-order valence-corrected chi connectivity index (χ3v) is 5.18. The van der Waals surface area contributed by atoms with E-state index < -0.39 is 5.91 Å². The second kappa shape index (κ2) is 8.41. The zero-order chi connectivity index (χ0) is 20.2. The second-order valence-electron chi connectivity index (χ2n) is 7.10. The lowest BCUT2D eigenvalue weighted by Crippen LogP contribution is -2.22. The summed E-state index contributed by atoms with van der Waals surface area (Å²) >= 11 is 0. The number of hydrogen-bond acceptors (Lipinski definition) is 4. The molecule has 148 valence electrons. The fourth-order valence-electron chi connectivity index (χ4n) is 3.66. The molecule has 0 saturated heterocycles. The number of rotatable bonds is 7. The van der Waals surface area contributed by atoms with E-state index in [2.05, 4.69) is 16.4 Å². The van der Waals surface area contributed by atoms with Crippen LogP contribution in [0.15, 0.2) is 60.8 Å². The van der Waals surface area contributed by atoms with Gasteiger partial charge in [0, 0.05) is 18.3 Å². The van der Waals surface area contributed by atoms with Crippen LogP contribution in [-0.4, -0.2) is 17.4 Å². The Hall–Kier alpha value is -3.25. The predicted octanol–water partition coefficient (Wildman–Crippen LogP) is 3.93. The van der Waals surface area contributed by atoms with Crippen molar-refractivity contribution < 1.29 is 13.9 Å². The first-order valence-electron chi connectivity index (χ1n) is 9.63. The molecule has 3 N–H and O–H groups in total. The van der Waals surface area contributed by atoms with E-state index in [0.717, 1.165) is 24.9 Å². The minimum Gasteiger partial charge on any atom is -0.439 e. The van der Waals surface area contributed by atoms with Gasteiger partial charge in [-0.1, -0.05) is 24.3 Å². The molecule has 5 nitrogen and oxygen atoms in total. The molecule has 0 fully saturated rings. The van der Waals surface area contributed by atoms with Crippen molar-refractivity contribution in [1.82, 2.24) is 10.3 Å². The van der Waals surface area contributed by atoms with Gasteiger partial charge < -0.3 is 15.8 Å². The van der Waals surface area contributed by atoms with Gasteiger partial charge in [-0.3, -0.25) is 4.79 Å². The van der Waals surface area contributed by atoms with E-state index in [-0.39, 0.29) is 11.9 Å². The summed E-state index contributed by atoms with van der Waals surface area (Å²) in [5.41, 5.74) is 8.79. The summed E-state index contributed by atoms with van der Waals surface area (Å²) in [7, 11) is 0. The van der Waals surface area contributed by atoms with Crippen LogP contribution in [0.3, 0.4) is 0 Å². The average molecular weight is 391 g/mol. The molecule has 1 aliphatic rings. The SMILES string of the molecule is NC(=O)c1ccc(Oc2ccc3c(c2)CCC3NCCc2ccccc2F)nc1. The predicted molar refractivity (Wildman–Crippen MR) is 108 cm³/mol. The molecule has 3 aromatic rings. The Morgan fingerprint density at radius 1 is 1.21 bits per heavy atom. The maximum Gasteiger partial charge on any atom is 0.250 e. The molecule has 1 atom stereocenters. The summed E-state index contributed by atoms with van der Waals surface area (Å²) in [5.74, 6) is 0.443. The largest absolute Gasteiger partial charge is 0.439 e. The van der Waals surface area contributed by atoms with Crippen LogP contribution in [0, 0.1) is 5.82 Å². The van der Waals surface area contributed by atoms with Crippen LogP contribution < -0.4 is 15.8 Å². The van der Waals surface area contributed by atoms with E-state index in [1.807, 2.05) is 24.3 Å². The topological polar surface area (TPSA) is 77.2 Å². The van der Waals surface area contributed by atoms with Gasteiger partial charge in [0.05, 0.1) is 5.56 Å². The van der Waals surface area contributed by atoms with E-state index in [0.29, 0.717) is 23.6 Å². The number of benzene rings is 2. The van der Waals surface area contributed by atoms with Crippen LogP contribution in [0.5, 0.6) is 11.6 Å². The maximum absolute atomic E-state index is 13.7. The molecule has 0 radical (unpaired) electrons. The molecule has 0 saturated carbocycles. The molecule has 1 aliphatic carbocycles. The number of carbonyl (C=O) groups excluding carboxylic acids is 1. The van der Waals surface area contributed by atoms with Crippen molar-refractivity contribution in [1.29, 1.82) is 0 Å². The van der Waals surface area contributed by atoms with Gasteiger partial charge in [0.25, 0.3) is 0 Å². The van der Waals surface area contributed by atoms with Gasteiger partial charge in [0.2, 0.25) is 11.8 Å². The summed E-state index contributed by atoms with van der Waals surface area (Å²) in [6.07, 6.45) is 4.02. The molecule has 1 aromatic heterocycles. The van der Waals surface area contributed by atoms with Crippen molar-refractivity contribution in [2.24, 2.45) is 5.73 Å². The lowest BCUT2D eigenvalue weighted by Gasteiger charge is -2.15. The molecule has 1 amide bonds. The maximum atomic E-state index is 13.7. The number of halogens is 1. The highest BCUT2D eigenvalue weighted by Gasteiger charge is 2.22. The van der Waals surface area contributed by atoms with Crippen molar-refractivity contribution in [3.05, 3.63) is 88.9 Å². The van der Waals surface area contributed by atoms with E-state index in [1.165, 1.54) is 23.4 Å². The fraction of sp³-hybridized carbons (Fsp3) is 0.217. The van der Waals surface area contributed by atoms with E-state index in [9.17, 15) is 9.18 Å². The Morgan fingerprint density at radius 3 is 2.83 bits per heavy atom. The van der Waals surface area contributed by atoms with Crippen molar-refractivity contribution >= 4 is 5.91 Å². The van der Waals surface area contributed by atoms with Gasteiger partial charge in [0.15, 0.2) is 0 Å². The van der Waals surface area contributed by atoms with Crippen LogP contribution in [0.2, 0.25) is 0 Å². The molecule has 1 heterocycles. The zero-order valence-corrected chi connectivity index (χ0v) is 15.9. The Labute approximate surface area is 168 Å². The third kappa shape index (κ3) is 4.43. The number of ether oxygens (including phenoxy) is 1. The Bertz CT molecular complexity index is 1020. The normalized spacial score (nSPS) is 15.1. The molecule has 2 aromatic carbocycles. The average Bonchev–Trinajstić information content (AvgIpc) is 3.12. The van der Waals surface area contributed by atoms with Crippen LogP contribution in [-0.2, 0) is 12.8 Å². The Kier molecular flexibility index (Phi) is 5.53. The third-order valence-electron chi connectivity index (χ3n) is 5.18. The van der Waals surface area contributed by atoms with Gasteiger partial charge >= 0.3 is 0 Å². The molecule has 29 heavy (non-hydrogen) atoms. The van der Waals surface area contributed by atoms with Crippen LogP contribution >= 0.6 is 0 Å². The summed E-state index contributed by atoms with van der Waals surface area (Å²) < 4.78 is 19.5. The van der Waals surface area contributed by atoms with E-state index in [4.69, 9.17) is 10.5 Å². The van der Waals surface area contributed by atoms with Gasteiger partial charge in [-0.05, 0) is 66.8 Å². The van der Waals surface area contributed by atoms with Crippen LogP contribution in [0.25, 0.3) is 0 Å². The Morgan fingerprint density at radius 2 is 2.07 bits per heavy atom. The molecule has 0 bridgehead atoms. The van der Waals surface area contributed by atoms with Gasteiger partial charge in [-0.2, -0.15) is 0 Å². The van der Waals surface area contributed by atoms with E-state index in [1.54, 1.807) is 18.2 Å². The van der Waals surface area contributed by atoms with Crippen molar-refractivity contribution in [2.75, 3.05) is 6.54 Å². The first kappa shape index (κ1) is 19.1. The number of pyridine rings is 1. The minimum atomic E-state index is -0.518. The molecule has 0 spiro atoms. The Balaban J connectivity index is 1.37. The van der Waals surface area contributed by atoms with E-state index >= 15 is 0 Å². The fourth-order valence-corrected chi connectivity index (χ4v) is 3.66. The summed E-state index contributed by atoms with van der Waals surface area (Å²) in [6.45, 7) is 0.722. The zero-order valence-electron chi connectivity index (χ0n) is 15.9. The number of nitrogens with two attached hydrogens (primary N) is 1. The minimum absolute atomic E-state index is 0.152. The molecular formula is C23H22FN3O2. The molecule has 1 unspecified atom stereocenters. The van der Waals surface area contributed by atoms with Crippen LogP contribution in [0.1, 0.15) is 39.5 Å². The van der Waals surface area contributed by atoms with Gasteiger partial charge in [-0.25, -0.2) is 9.37 Å². The quantitative estimate of drug-likeness (QED) is 0.640. The number of nitrogens with zero attached hydrogens (tertiary/aromatic N) is 1. The highest BCUT2D eigenvalue weighted by molar-refractivity contribution is 5.92. The number of aromatic nitrogens is 1. The number of fused-ring (bicyclic) bond motifs is 1. The molecule has 4 rings (SSSR count). The number of nitrogens with one attached hydrogen (secondary N) is 1.